The van der Waals surface area contributed by atoms with Gasteiger partial charge in [-0.3, -0.25) is 0 Å². The summed E-state index contributed by atoms with van der Waals surface area (Å²) >= 11 is 1.75. The van der Waals surface area contributed by atoms with Crippen LogP contribution in [-0.4, -0.2) is 17.2 Å². The minimum atomic E-state index is 0.441. The number of ether oxygens (including phenoxy) is 1. The van der Waals surface area contributed by atoms with Crippen LogP contribution in [0.25, 0.3) is 0 Å². The number of fused-ring (bicyclic) bond motifs is 2. The molecular formula is C10H14N2OS. The summed E-state index contributed by atoms with van der Waals surface area (Å²) in [6.45, 7) is 0.610. The smallest absolute Gasteiger partial charge is 0.0986 e. The van der Waals surface area contributed by atoms with Gasteiger partial charge in [0.25, 0.3) is 0 Å². The van der Waals surface area contributed by atoms with Gasteiger partial charge in [-0.15, -0.1) is 11.3 Å². The number of hydrogen-bond acceptors (Lipinski definition) is 4. The van der Waals surface area contributed by atoms with Crippen LogP contribution in [0.2, 0.25) is 0 Å². The highest BCUT2D eigenvalue weighted by Gasteiger charge is 2.42. The minimum absolute atomic E-state index is 0.441. The van der Waals surface area contributed by atoms with Crippen LogP contribution in [0.15, 0.2) is 6.20 Å². The predicted molar refractivity (Wildman–Crippen MR) is 55.3 cm³/mol. The van der Waals surface area contributed by atoms with E-state index in [1.165, 1.54) is 29.1 Å². The molecular weight excluding hydrogens is 196 g/mol. The monoisotopic (exact) mass is 210 g/mol. The van der Waals surface area contributed by atoms with Crippen LogP contribution in [0, 0.1) is 0 Å². The van der Waals surface area contributed by atoms with Gasteiger partial charge >= 0.3 is 0 Å². The third-order valence-corrected chi connectivity index (χ3v) is 4.35. The van der Waals surface area contributed by atoms with Crippen molar-refractivity contribution in [3.63, 3.8) is 0 Å². The molecule has 2 saturated heterocycles. The molecule has 4 heteroatoms. The highest BCUT2D eigenvalue weighted by Crippen LogP contribution is 2.45. The molecule has 0 aromatic carbocycles. The van der Waals surface area contributed by atoms with E-state index >= 15 is 0 Å². The summed E-state index contributed by atoms with van der Waals surface area (Å²) < 4.78 is 5.82. The van der Waals surface area contributed by atoms with Gasteiger partial charge < -0.3 is 10.5 Å². The van der Waals surface area contributed by atoms with Crippen molar-refractivity contribution in [2.24, 2.45) is 5.73 Å². The van der Waals surface area contributed by atoms with Crippen LogP contribution in [-0.2, 0) is 11.3 Å². The molecule has 2 aliphatic rings. The van der Waals surface area contributed by atoms with E-state index in [0.717, 1.165) is 0 Å². The van der Waals surface area contributed by atoms with Gasteiger partial charge in [-0.2, -0.15) is 0 Å². The molecule has 0 saturated carbocycles. The first-order chi connectivity index (χ1) is 6.86. The minimum Gasteiger partial charge on any atom is -0.374 e. The Bertz CT molecular complexity index is 339. The highest BCUT2D eigenvalue weighted by atomic mass is 32.1. The van der Waals surface area contributed by atoms with E-state index in [1.807, 2.05) is 6.20 Å². The van der Waals surface area contributed by atoms with Gasteiger partial charge in [0.1, 0.15) is 0 Å². The van der Waals surface area contributed by atoms with Crippen molar-refractivity contribution in [1.82, 2.24) is 4.98 Å². The van der Waals surface area contributed by atoms with E-state index in [1.54, 1.807) is 11.3 Å². The highest BCUT2D eigenvalue weighted by molar-refractivity contribution is 7.11. The molecule has 14 heavy (non-hydrogen) atoms. The van der Waals surface area contributed by atoms with E-state index < -0.39 is 0 Å². The fourth-order valence-corrected chi connectivity index (χ4v) is 3.45. The van der Waals surface area contributed by atoms with Crippen LogP contribution < -0.4 is 5.73 Å². The lowest BCUT2D eigenvalue weighted by Crippen LogP contribution is -2.13. The molecule has 3 unspecified atom stereocenters. The molecule has 2 fully saturated rings. The molecule has 0 amide bonds. The average Bonchev–Trinajstić information content (AvgIpc) is 2.93. The molecule has 76 valence electrons. The molecule has 1 aromatic rings. The summed E-state index contributed by atoms with van der Waals surface area (Å²) in [6.07, 6.45) is 6.49. The number of nitrogens with two attached hydrogens (primary N) is 1. The van der Waals surface area contributed by atoms with Crippen LogP contribution in [0.1, 0.15) is 35.1 Å². The molecule has 2 N–H and O–H groups in total. The SMILES string of the molecule is NCc1cnc(C2CC3CCC2O3)s1. The van der Waals surface area contributed by atoms with Crippen molar-refractivity contribution in [2.75, 3.05) is 0 Å². The summed E-state index contributed by atoms with van der Waals surface area (Å²) in [4.78, 5) is 5.63. The third-order valence-electron chi connectivity index (χ3n) is 3.20. The molecule has 3 heterocycles. The normalized spacial score (nSPS) is 35.4. The van der Waals surface area contributed by atoms with Crippen molar-refractivity contribution in [3.8, 4) is 0 Å². The van der Waals surface area contributed by atoms with E-state index in [-0.39, 0.29) is 0 Å². The lowest BCUT2D eigenvalue weighted by molar-refractivity contribution is 0.101. The van der Waals surface area contributed by atoms with E-state index in [0.29, 0.717) is 24.7 Å². The van der Waals surface area contributed by atoms with E-state index in [2.05, 4.69) is 4.98 Å². The van der Waals surface area contributed by atoms with Gasteiger partial charge in [-0.05, 0) is 19.3 Å². The molecule has 0 aliphatic carbocycles. The largest absolute Gasteiger partial charge is 0.374 e. The number of rotatable bonds is 2. The summed E-state index contributed by atoms with van der Waals surface area (Å²) in [5.41, 5.74) is 5.58. The average molecular weight is 210 g/mol. The Hall–Kier alpha value is -0.450. The maximum Gasteiger partial charge on any atom is 0.0986 e. The second-order valence-corrected chi connectivity index (χ2v) is 5.23. The topological polar surface area (TPSA) is 48.1 Å². The first-order valence-electron chi connectivity index (χ1n) is 5.17. The van der Waals surface area contributed by atoms with Gasteiger partial charge in [-0.25, -0.2) is 4.98 Å². The quantitative estimate of drug-likeness (QED) is 0.807. The zero-order valence-electron chi connectivity index (χ0n) is 7.98. The van der Waals surface area contributed by atoms with Gasteiger partial charge in [0, 0.05) is 23.5 Å². The zero-order valence-corrected chi connectivity index (χ0v) is 8.80. The zero-order chi connectivity index (χ0) is 9.54. The summed E-state index contributed by atoms with van der Waals surface area (Å²) in [5, 5.41) is 1.23. The fraction of sp³-hybridized carbons (Fsp3) is 0.700. The Morgan fingerprint density at radius 1 is 1.57 bits per heavy atom. The molecule has 2 bridgehead atoms. The van der Waals surface area contributed by atoms with Gasteiger partial charge in [0.05, 0.1) is 17.2 Å². The maximum absolute atomic E-state index is 5.82. The standard InChI is InChI=1S/C10H14N2OS/c11-4-7-5-12-10(14-7)8-3-6-1-2-9(8)13-6/h5-6,8-9H,1-4,11H2. The molecule has 0 spiro atoms. The van der Waals surface area contributed by atoms with Crippen molar-refractivity contribution in [3.05, 3.63) is 16.1 Å². The molecule has 3 rings (SSSR count). The van der Waals surface area contributed by atoms with Crippen LogP contribution >= 0.6 is 11.3 Å². The summed E-state index contributed by atoms with van der Waals surface area (Å²) in [5.74, 6) is 0.555. The molecule has 2 aliphatic heterocycles. The van der Waals surface area contributed by atoms with Crippen LogP contribution in [0.5, 0.6) is 0 Å². The number of nitrogens with zero attached hydrogens (tertiary/aromatic N) is 1. The van der Waals surface area contributed by atoms with Crippen molar-refractivity contribution in [1.29, 1.82) is 0 Å². The number of thiazole rings is 1. The van der Waals surface area contributed by atoms with Crippen molar-refractivity contribution >= 4 is 11.3 Å². The lowest BCUT2D eigenvalue weighted by Gasteiger charge is -2.15. The maximum atomic E-state index is 5.82. The second kappa shape index (κ2) is 3.29. The predicted octanol–water partition coefficient (Wildman–Crippen LogP) is 1.64. The van der Waals surface area contributed by atoms with Gasteiger partial charge in [-0.1, -0.05) is 0 Å². The van der Waals surface area contributed by atoms with Crippen LogP contribution in [0.3, 0.4) is 0 Å². The number of hydrogen-bond donors (Lipinski definition) is 1. The Labute approximate surface area is 87.3 Å². The first-order valence-corrected chi connectivity index (χ1v) is 5.98. The fourth-order valence-electron chi connectivity index (χ4n) is 2.49. The Kier molecular flexibility index (Phi) is 2.08. The third kappa shape index (κ3) is 1.29. The lowest BCUT2D eigenvalue weighted by atomic mass is 9.90. The van der Waals surface area contributed by atoms with Crippen molar-refractivity contribution < 1.29 is 4.74 Å². The Morgan fingerprint density at radius 2 is 2.50 bits per heavy atom. The molecule has 1 aromatic heterocycles. The molecule has 3 nitrogen and oxygen atoms in total. The molecule has 0 radical (unpaired) electrons. The number of aromatic nitrogens is 1. The van der Waals surface area contributed by atoms with E-state index in [9.17, 15) is 0 Å². The first kappa shape index (κ1) is 8.83. The molecule has 3 atom stereocenters. The van der Waals surface area contributed by atoms with Gasteiger partial charge in [0.15, 0.2) is 0 Å². The Balaban J connectivity index is 1.82. The summed E-state index contributed by atoms with van der Waals surface area (Å²) in [6, 6.07) is 0. The van der Waals surface area contributed by atoms with Crippen LogP contribution in [0.4, 0.5) is 0 Å². The van der Waals surface area contributed by atoms with Crippen molar-refractivity contribution in [2.45, 2.75) is 43.9 Å². The van der Waals surface area contributed by atoms with E-state index in [4.69, 9.17) is 10.5 Å². The Morgan fingerprint density at radius 3 is 3.07 bits per heavy atom. The second-order valence-electron chi connectivity index (χ2n) is 4.09. The van der Waals surface area contributed by atoms with Gasteiger partial charge in [0.2, 0.25) is 0 Å². The summed E-state index contributed by atoms with van der Waals surface area (Å²) in [7, 11) is 0.